The molecule has 1 atom stereocenters. The van der Waals surface area contributed by atoms with Crippen LogP contribution in [0.3, 0.4) is 0 Å². The topological polar surface area (TPSA) is 73.9 Å². The van der Waals surface area contributed by atoms with Gasteiger partial charge in [-0.1, -0.05) is 29.8 Å². The SMILES string of the molecule is Cc1ccc(NC(=O)COC(=O)[C@H]2COc3ccccc3O2)c(C)c1. The number of rotatable bonds is 4. The first-order valence-electron chi connectivity index (χ1n) is 7.95. The first-order chi connectivity index (χ1) is 12.0. The van der Waals surface area contributed by atoms with Crippen LogP contribution in [0, 0.1) is 13.8 Å². The summed E-state index contributed by atoms with van der Waals surface area (Å²) in [5, 5.41) is 2.72. The van der Waals surface area contributed by atoms with Crippen molar-refractivity contribution in [3.05, 3.63) is 53.6 Å². The van der Waals surface area contributed by atoms with Crippen LogP contribution in [0.5, 0.6) is 11.5 Å². The maximum atomic E-state index is 12.1. The molecule has 1 amide bonds. The number of nitrogens with one attached hydrogen (secondary N) is 1. The number of esters is 1. The average Bonchev–Trinajstić information content (AvgIpc) is 2.61. The van der Waals surface area contributed by atoms with Gasteiger partial charge >= 0.3 is 5.97 Å². The first kappa shape index (κ1) is 16.8. The van der Waals surface area contributed by atoms with Gasteiger partial charge in [-0.25, -0.2) is 4.79 Å². The third-order valence-electron chi connectivity index (χ3n) is 3.77. The Bertz CT molecular complexity index is 802. The van der Waals surface area contributed by atoms with Crippen LogP contribution in [0.2, 0.25) is 0 Å². The summed E-state index contributed by atoms with van der Waals surface area (Å²) in [6, 6.07) is 12.8. The molecule has 2 aromatic carbocycles. The standard InChI is InChI=1S/C19H19NO5/c1-12-7-8-14(13(2)9-12)20-18(21)11-24-19(22)17-10-23-15-5-3-4-6-16(15)25-17/h3-9,17H,10-11H2,1-2H3,(H,20,21)/t17-/m1/s1. The van der Waals surface area contributed by atoms with Crippen LogP contribution in [0.25, 0.3) is 0 Å². The molecule has 3 rings (SSSR count). The zero-order valence-corrected chi connectivity index (χ0v) is 14.1. The van der Waals surface area contributed by atoms with Gasteiger partial charge in [0.2, 0.25) is 6.10 Å². The molecule has 6 nitrogen and oxygen atoms in total. The summed E-state index contributed by atoms with van der Waals surface area (Å²) in [5.41, 5.74) is 2.75. The lowest BCUT2D eigenvalue weighted by atomic mass is 10.1. The van der Waals surface area contributed by atoms with E-state index < -0.39 is 18.0 Å². The average molecular weight is 341 g/mol. The Kier molecular flexibility index (Phi) is 4.88. The van der Waals surface area contributed by atoms with Crippen molar-refractivity contribution >= 4 is 17.6 Å². The number of benzene rings is 2. The van der Waals surface area contributed by atoms with E-state index in [2.05, 4.69) is 5.32 Å². The number of para-hydroxylation sites is 2. The summed E-state index contributed by atoms with van der Waals surface area (Å²) < 4.78 is 16.0. The maximum absolute atomic E-state index is 12.1. The molecule has 0 saturated heterocycles. The van der Waals surface area contributed by atoms with Crippen molar-refractivity contribution in [2.24, 2.45) is 0 Å². The first-order valence-corrected chi connectivity index (χ1v) is 7.95. The van der Waals surface area contributed by atoms with Crippen molar-refractivity contribution in [3.63, 3.8) is 0 Å². The zero-order chi connectivity index (χ0) is 17.8. The number of ether oxygens (including phenoxy) is 3. The summed E-state index contributed by atoms with van der Waals surface area (Å²) in [6.45, 7) is 3.55. The highest BCUT2D eigenvalue weighted by molar-refractivity contribution is 5.93. The van der Waals surface area contributed by atoms with E-state index in [9.17, 15) is 9.59 Å². The van der Waals surface area contributed by atoms with Crippen LogP contribution >= 0.6 is 0 Å². The van der Waals surface area contributed by atoms with Gasteiger partial charge in [-0.3, -0.25) is 4.79 Å². The number of aryl methyl sites for hydroxylation is 2. The van der Waals surface area contributed by atoms with E-state index in [0.29, 0.717) is 17.2 Å². The van der Waals surface area contributed by atoms with Gasteiger partial charge in [0.1, 0.15) is 6.61 Å². The minimum atomic E-state index is -0.885. The van der Waals surface area contributed by atoms with E-state index in [1.807, 2.05) is 38.1 Å². The van der Waals surface area contributed by atoms with Gasteiger partial charge in [-0.15, -0.1) is 0 Å². The second-order valence-corrected chi connectivity index (χ2v) is 5.84. The molecule has 0 saturated carbocycles. The van der Waals surface area contributed by atoms with E-state index >= 15 is 0 Å². The molecule has 0 fully saturated rings. The second kappa shape index (κ2) is 7.25. The summed E-state index contributed by atoms with van der Waals surface area (Å²) in [6.07, 6.45) is -0.885. The smallest absolute Gasteiger partial charge is 0.351 e. The van der Waals surface area contributed by atoms with E-state index in [1.165, 1.54) is 0 Å². The van der Waals surface area contributed by atoms with Crippen LogP contribution in [0.15, 0.2) is 42.5 Å². The van der Waals surface area contributed by atoms with Crippen LogP contribution < -0.4 is 14.8 Å². The number of hydrogen-bond acceptors (Lipinski definition) is 5. The van der Waals surface area contributed by atoms with Crippen LogP contribution in [0.1, 0.15) is 11.1 Å². The third kappa shape index (κ3) is 4.09. The van der Waals surface area contributed by atoms with E-state index in [1.54, 1.807) is 18.2 Å². The predicted molar refractivity (Wildman–Crippen MR) is 91.9 cm³/mol. The molecule has 1 aliphatic heterocycles. The lowest BCUT2D eigenvalue weighted by molar-refractivity contribution is -0.156. The molecular weight excluding hydrogens is 322 g/mol. The monoisotopic (exact) mass is 341 g/mol. The molecule has 1 aliphatic rings. The molecule has 1 heterocycles. The quantitative estimate of drug-likeness (QED) is 0.866. The van der Waals surface area contributed by atoms with Gasteiger partial charge in [0.25, 0.3) is 5.91 Å². The van der Waals surface area contributed by atoms with E-state index in [-0.39, 0.29) is 13.2 Å². The highest BCUT2D eigenvalue weighted by Crippen LogP contribution is 2.31. The van der Waals surface area contributed by atoms with Gasteiger partial charge in [0, 0.05) is 5.69 Å². The van der Waals surface area contributed by atoms with Gasteiger partial charge < -0.3 is 19.5 Å². The Hall–Kier alpha value is -3.02. The molecule has 1 N–H and O–H groups in total. The largest absolute Gasteiger partial charge is 0.485 e. The number of carbonyl (C=O) groups is 2. The van der Waals surface area contributed by atoms with Crippen molar-refractivity contribution in [1.29, 1.82) is 0 Å². The minimum absolute atomic E-state index is 0.0501. The Balaban J connectivity index is 1.51. The third-order valence-corrected chi connectivity index (χ3v) is 3.77. The van der Waals surface area contributed by atoms with Crippen LogP contribution in [0.4, 0.5) is 5.69 Å². The number of carbonyl (C=O) groups excluding carboxylic acids is 2. The molecule has 0 bridgehead atoms. The highest BCUT2D eigenvalue weighted by atomic mass is 16.6. The Morgan fingerprint density at radius 3 is 2.68 bits per heavy atom. The van der Waals surface area contributed by atoms with Crippen molar-refractivity contribution in [2.45, 2.75) is 20.0 Å². The van der Waals surface area contributed by atoms with Crippen LogP contribution in [-0.2, 0) is 14.3 Å². The number of amides is 1. The molecule has 0 spiro atoms. The predicted octanol–water partition coefficient (Wildman–Crippen LogP) is 2.63. The summed E-state index contributed by atoms with van der Waals surface area (Å²) in [4.78, 5) is 24.0. The zero-order valence-electron chi connectivity index (χ0n) is 14.1. The molecular formula is C19H19NO5. The summed E-state index contributed by atoms with van der Waals surface area (Å²) >= 11 is 0. The lowest BCUT2D eigenvalue weighted by Crippen LogP contribution is -2.39. The molecule has 0 unspecified atom stereocenters. The van der Waals surface area contributed by atoms with Crippen LogP contribution in [-0.4, -0.2) is 31.2 Å². The fourth-order valence-corrected chi connectivity index (χ4v) is 2.51. The fourth-order valence-electron chi connectivity index (χ4n) is 2.51. The molecule has 6 heteroatoms. The Morgan fingerprint density at radius 2 is 1.92 bits per heavy atom. The van der Waals surface area contributed by atoms with Gasteiger partial charge in [0.15, 0.2) is 18.1 Å². The fraction of sp³-hybridized carbons (Fsp3) is 0.263. The van der Waals surface area contributed by atoms with E-state index in [4.69, 9.17) is 14.2 Å². The Labute approximate surface area is 145 Å². The normalized spacial score (nSPS) is 15.4. The lowest BCUT2D eigenvalue weighted by Gasteiger charge is -2.24. The maximum Gasteiger partial charge on any atom is 0.351 e. The van der Waals surface area contributed by atoms with Gasteiger partial charge in [-0.2, -0.15) is 0 Å². The number of hydrogen-bond donors (Lipinski definition) is 1. The molecule has 0 aliphatic carbocycles. The molecule has 0 aromatic heterocycles. The molecule has 0 radical (unpaired) electrons. The molecule has 130 valence electrons. The van der Waals surface area contributed by atoms with Crippen molar-refractivity contribution in [3.8, 4) is 11.5 Å². The molecule has 2 aromatic rings. The second-order valence-electron chi connectivity index (χ2n) is 5.84. The number of anilines is 1. The van der Waals surface area contributed by atoms with Gasteiger partial charge in [0.05, 0.1) is 0 Å². The van der Waals surface area contributed by atoms with Gasteiger partial charge in [-0.05, 0) is 37.6 Å². The Morgan fingerprint density at radius 1 is 1.16 bits per heavy atom. The number of fused-ring (bicyclic) bond motifs is 1. The van der Waals surface area contributed by atoms with Crippen molar-refractivity contribution in [1.82, 2.24) is 0 Å². The van der Waals surface area contributed by atoms with Crippen molar-refractivity contribution in [2.75, 3.05) is 18.5 Å². The summed E-state index contributed by atoms with van der Waals surface area (Å²) in [5.74, 6) is 0.0253. The minimum Gasteiger partial charge on any atom is -0.485 e. The highest BCUT2D eigenvalue weighted by Gasteiger charge is 2.29. The van der Waals surface area contributed by atoms with Crippen molar-refractivity contribution < 1.29 is 23.8 Å². The van der Waals surface area contributed by atoms with E-state index in [0.717, 1.165) is 11.1 Å². The summed E-state index contributed by atoms with van der Waals surface area (Å²) in [7, 11) is 0. The molecule has 25 heavy (non-hydrogen) atoms.